The zero-order valence-electron chi connectivity index (χ0n) is 13.6. The van der Waals surface area contributed by atoms with E-state index in [-0.39, 0.29) is 5.82 Å². The van der Waals surface area contributed by atoms with Crippen molar-refractivity contribution in [3.63, 3.8) is 0 Å². The van der Waals surface area contributed by atoms with E-state index in [4.69, 9.17) is 14.2 Å². The van der Waals surface area contributed by atoms with Gasteiger partial charge in [-0.3, -0.25) is 14.9 Å². The van der Waals surface area contributed by atoms with Gasteiger partial charge in [-0.25, -0.2) is 0 Å². The number of benzene rings is 1. The molecule has 2 N–H and O–H groups in total. The van der Waals surface area contributed by atoms with E-state index in [1.807, 2.05) is 0 Å². The molecule has 2 aromatic rings. The fourth-order valence-corrected chi connectivity index (χ4v) is 2.09. The van der Waals surface area contributed by atoms with Crippen LogP contribution in [0.1, 0.15) is 11.4 Å². The molecule has 1 aromatic carbocycles. The standard InChI is InChI=1S/C15H15N3O7/c1-23-9-6-8(7-10(24-2)13(9)25-3)4-5-11-16-14(19)12(18(21)22)15(20)17-11/h4-7H,1-3H3,(H2,16,17,19,20)/b5-4-. The van der Waals surface area contributed by atoms with Crippen LogP contribution < -0.4 is 19.8 Å². The maximum absolute atomic E-state index is 11.6. The van der Waals surface area contributed by atoms with E-state index in [1.165, 1.54) is 27.4 Å². The molecule has 0 aliphatic heterocycles. The fraction of sp³-hybridized carbons (Fsp3) is 0.200. The quantitative estimate of drug-likeness (QED) is 0.592. The van der Waals surface area contributed by atoms with Crippen LogP contribution in [-0.4, -0.2) is 41.3 Å². The van der Waals surface area contributed by atoms with E-state index in [9.17, 15) is 20.0 Å². The summed E-state index contributed by atoms with van der Waals surface area (Å²) in [6.07, 6.45) is 2.92. The molecule has 1 heterocycles. The molecule has 0 unspecified atom stereocenters. The highest BCUT2D eigenvalue weighted by Gasteiger charge is 2.21. The number of aromatic hydroxyl groups is 1. The van der Waals surface area contributed by atoms with Crippen LogP contribution in [0.4, 0.5) is 5.69 Å². The molecule has 0 aliphatic carbocycles. The molecule has 10 nitrogen and oxygen atoms in total. The number of ether oxygens (including phenoxy) is 3. The minimum Gasteiger partial charge on any atom is -0.493 e. The smallest absolute Gasteiger partial charge is 0.395 e. The number of hydrogen-bond donors (Lipinski definition) is 2. The van der Waals surface area contributed by atoms with Crippen molar-refractivity contribution < 1.29 is 24.2 Å². The van der Waals surface area contributed by atoms with Gasteiger partial charge in [-0.2, -0.15) is 4.98 Å². The molecule has 0 saturated carbocycles. The average Bonchev–Trinajstić information content (AvgIpc) is 2.57. The normalized spacial score (nSPS) is 10.7. The number of H-pyrrole nitrogens is 1. The van der Waals surface area contributed by atoms with Gasteiger partial charge < -0.3 is 24.3 Å². The maximum atomic E-state index is 11.6. The fourth-order valence-electron chi connectivity index (χ4n) is 2.09. The molecule has 0 fully saturated rings. The highest BCUT2D eigenvalue weighted by Crippen LogP contribution is 2.38. The maximum Gasteiger partial charge on any atom is 0.395 e. The van der Waals surface area contributed by atoms with Gasteiger partial charge in [0, 0.05) is 0 Å². The number of rotatable bonds is 6. The Morgan fingerprint density at radius 3 is 2.20 bits per heavy atom. The number of aromatic nitrogens is 2. The van der Waals surface area contributed by atoms with Crippen LogP contribution in [0.3, 0.4) is 0 Å². The van der Waals surface area contributed by atoms with Gasteiger partial charge in [0.15, 0.2) is 11.5 Å². The lowest BCUT2D eigenvalue weighted by Crippen LogP contribution is -2.14. The molecule has 10 heteroatoms. The summed E-state index contributed by atoms with van der Waals surface area (Å²) in [4.78, 5) is 27.0. The van der Waals surface area contributed by atoms with Gasteiger partial charge >= 0.3 is 11.2 Å². The average molecular weight is 349 g/mol. The monoisotopic (exact) mass is 349 g/mol. The third-order valence-corrected chi connectivity index (χ3v) is 3.20. The van der Waals surface area contributed by atoms with Crippen LogP contribution in [0.2, 0.25) is 0 Å². The zero-order chi connectivity index (χ0) is 18.6. The molecule has 0 atom stereocenters. The first-order chi connectivity index (χ1) is 11.9. The van der Waals surface area contributed by atoms with Crippen molar-refractivity contribution in [1.82, 2.24) is 9.97 Å². The topological polar surface area (TPSA) is 137 Å². The number of methoxy groups -OCH3 is 3. The van der Waals surface area contributed by atoms with Crippen LogP contribution >= 0.6 is 0 Å². The van der Waals surface area contributed by atoms with E-state index in [1.54, 1.807) is 18.2 Å². The van der Waals surface area contributed by atoms with E-state index in [2.05, 4.69) is 9.97 Å². The summed E-state index contributed by atoms with van der Waals surface area (Å²) in [7, 11) is 4.42. The van der Waals surface area contributed by atoms with Crippen LogP contribution in [-0.2, 0) is 0 Å². The van der Waals surface area contributed by atoms with Gasteiger partial charge in [0.1, 0.15) is 5.82 Å². The van der Waals surface area contributed by atoms with Crippen LogP contribution in [0.15, 0.2) is 16.9 Å². The molecule has 0 aliphatic rings. The summed E-state index contributed by atoms with van der Waals surface area (Å²) in [6, 6.07) is 3.31. The molecular formula is C15H15N3O7. The lowest BCUT2D eigenvalue weighted by atomic mass is 10.1. The number of nitrogens with zero attached hydrogens (tertiary/aromatic N) is 2. The van der Waals surface area contributed by atoms with E-state index in [0.29, 0.717) is 22.8 Å². The van der Waals surface area contributed by atoms with Crippen molar-refractivity contribution >= 4 is 17.8 Å². The Bertz CT molecular complexity index is 864. The lowest BCUT2D eigenvalue weighted by molar-refractivity contribution is -0.387. The molecule has 0 amide bonds. The van der Waals surface area contributed by atoms with Crippen LogP contribution in [0.5, 0.6) is 23.1 Å². The summed E-state index contributed by atoms with van der Waals surface area (Å²) in [5, 5.41) is 20.2. The molecule has 1 aromatic heterocycles. The molecule has 132 valence electrons. The largest absolute Gasteiger partial charge is 0.493 e. The Hall–Kier alpha value is -3.56. The molecule has 2 rings (SSSR count). The lowest BCUT2D eigenvalue weighted by Gasteiger charge is -2.12. The Kier molecular flexibility index (Phi) is 5.22. The number of aromatic amines is 1. The zero-order valence-corrected chi connectivity index (χ0v) is 13.6. The Morgan fingerprint density at radius 2 is 1.76 bits per heavy atom. The van der Waals surface area contributed by atoms with Crippen LogP contribution in [0, 0.1) is 10.1 Å². The van der Waals surface area contributed by atoms with Gasteiger partial charge in [-0.1, -0.05) is 6.08 Å². The third-order valence-electron chi connectivity index (χ3n) is 3.20. The second-order valence-corrected chi connectivity index (χ2v) is 4.67. The second-order valence-electron chi connectivity index (χ2n) is 4.67. The van der Waals surface area contributed by atoms with E-state index in [0.717, 1.165) is 0 Å². The first-order valence-corrected chi connectivity index (χ1v) is 6.87. The molecule has 0 bridgehead atoms. The van der Waals surface area contributed by atoms with E-state index >= 15 is 0 Å². The van der Waals surface area contributed by atoms with Crippen molar-refractivity contribution in [2.75, 3.05) is 21.3 Å². The van der Waals surface area contributed by atoms with Crippen molar-refractivity contribution in [1.29, 1.82) is 0 Å². The van der Waals surface area contributed by atoms with Gasteiger partial charge in [0.25, 0.3) is 5.88 Å². The molecule has 25 heavy (non-hydrogen) atoms. The summed E-state index contributed by atoms with van der Waals surface area (Å²) in [5.74, 6) is 0.255. The van der Waals surface area contributed by atoms with Gasteiger partial charge in [-0.15, -0.1) is 0 Å². The molecular weight excluding hydrogens is 334 g/mol. The Balaban J connectivity index is 2.43. The Labute approximate surface area is 141 Å². The van der Waals surface area contributed by atoms with Gasteiger partial charge in [0.05, 0.1) is 26.3 Å². The highest BCUT2D eigenvalue weighted by atomic mass is 16.6. The number of hydrogen-bond acceptors (Lipinski definition) is 8. The minimum atomic E-state index is -1.05. The third kappa shape index (κ3) is 3.68. The van der Waals surface area contributed by atoms with E-state index < -0.39 is 22.0 Å². The minimum absolute atomic E-state index is 0.0538. The molecule has 0 radical (unpaired) electrons. The van der Waals surface area contributed by atoms with Gasteiger partial charge in [0.2, 0.25) is 5.75 Å². The SMILES string of the molecule is COc1cc(/C=C\c2nc(O)c([N+](=O)[O-])c(=O)[nH]2)cc(OC)c1OC. The molecule has 0 saturated heterocycles. The summed E-state index contributed by atoms with van der Waals surface area (Å²) < 4.78 is 15.7. The summed E-state index contributed by atoms with van der Waals surface area (Å²) >= 11 is 0. The van der Waals surface area contributed by atoms with Crippen molar-refractivity contribution in [3.05, 3.63) is 44.0 Å². The number of nitro groups is 1. The first kappa shape index (κ1) is 17.8. The second kappa shape index (κ2) is 7.34. The number of nitrogens with one attached hydrogen (secondary N) is 1. The predicted molar refractivity (Wildman–Crippen MR) is 88.2 cm³/mol. The summed E-state index contributed by atoms with van der Waals surface area (Å²) in [6.45, 7) is 0. The Morgan fingerprint density at radius 1 is 1.16 bits per heavy atom. The van der Waals surface area contributed by atoms with Crippen molar-refractivity contribution in [3.8, 4) is 23.1 Å². The highest BCUT2D eigenvalue weighted by molar-refractivity contribution is 5.71. The van der Waals surface area contributed by atoms with Crippen molar-refractivity contribution in [2.45, 2.75) is 0 Å². The van der Waals surface area contributed by atoms with Crippen LogP contribution in [0.25, 0.3) is 12.2 Å². The molecule has 0 spiro atoms. The van der Waals surface area contributed by atoms with Gasteiger partial charge in [-0.05, 0) is 23.8 Å². The summed E-state index contributed by atoms with van der Waals surface area (Å²) in [5.41, 5.74) is -1.44. The van der Waals surface area contributed by atoms with Crippen molar-refractivity contribution in [2.24, 2.45) is 0 Å². The first-order valence-electron chi connectivity index (χ1n) is 6.87. The predicted octanol–water partition coefficient (Wildman–Crippen LogP) is 1.58.